The minimum Gasteiger partial charge on any atom is -0.383 e. The van der Waals surface area contributed by atoms with Gasteiger partial charge in [-0.1, -0.05) is 0 Å². The van der Waals surface area contributed by atoms with Crippen molar-refractivity contribution in [1.82, 2.24) is 9.80 Å². The fourth-order valence-electron chi connectivity index (χ4n) is 3.18. The van der Waals surface area contributed by atoms with Crippen molar-refractivity contribution in [3.05, 3.63) is 33.9 Å². The Kier molecular flexibility index (Phi) is 4.15. The molecule has 23 heavy (non-hydrogen) atoms. The van der Waals surface area contributed by atoms with Crippen LogP contribution in [0.1, 0.15) is 5.56 Å². The first-order valence-electron chi connectivity index (χ1n) is 7.40. The van der Waals surface area contributed by atoms with E-state index in [9.17, 15) is 23.3 Å². The number of non-ortho nitro benzene ring substituents is 1. The average Bonchev–Trinajstić information content (AvgIpc) is 2.53. The molecule has 3 aliphatic heterocycles. The zero-order valence-corrected chi connectivity index (χ0v) is 12.3. The summed E-state index contributed by atoms with van der Waals surface area (Å²) in [7, 11) is 0. The van der Waals surface area contributed by atoms with Crippen molar-refractivity contribution in [2.75, 3.05) is 44.6 Å². The molecule has 126 valence electrons. The highest BCUT2D eigenvalue weighted by Crippen LogP contribution is 2.37. The third-order valence-corrected chi connectivity index (χ3v) is 4.44. The molecular weight excluding hydrogens is 313 g/mol. The molecule has 6 nitrogen and oxygen atoms in total. The van der Waals surface area contributed by atoms with Crippen molar-refractivity contribution in [3.63, 3.8) is 0 Å². The van der Waals surface area contributed by atoms with Crippen LogP contribution < -0.4 is 5.32 Å². The first-order chi connectivity index (χ1) is 10.8. The monoisotopic (exact) mass is 330 g/mol. The number of fused-ring (bicyclic) bond motifs is 3. The number of hydrogen-bond donors (Lipinski definition) is 1. The number of piperazine rings is 3. The molecule has 0 aromatic heterocycles. The molecule has 1 aromatic rings. The Labute approximate surface area is 131 Å². The summed E-state index contributed by atoms with van der Waals surface area (Å²) >= 11 is 0. The molecule has 3 saturated heterocycles. The van der Waals surface area contributed by atoms with Crippen LogP contribution in [0.15, 0.2) is 18.2 Å². The Morgan fingerprint density at radius 1 is 1.26 bits per heavy atom. The minimum atomic E-state index is -4.64. The summed E-state index contributed by atoms with van der Waals surface area (Å²) in [5, 5.41) is 13.5. The van der Waals surface area contributed by atoms with Crippen LogP contribution in [0, 0.1) is 10.1 Å². The van der Waals surface area contributed by atoms with E-state index in [0.29, 0.717) is 12.6 Å². The van der Waals surface area contributed by atoms with Gasteiger partial charge in [-0.25, -0.2) is 0 Å². The minimum absolute atomic E-state index is 0.110. The molecule has 1 unspecified atom stereocenters. The van der Waals surface area contributed by atoms with Crippen molar-refractivity contribution >= 4 is 11.4 Å². The number of hydrogen-bond acceptors (Lipinski definition) is 5. The molecule has 1 N–H and O–H groups in total. The van der Waals surface area contributed by atoms with Crippen molar-refractivity contribution < 1.29 is 18.1 Å². The normalized spacial score (nSPS) is 27.0. The molecule has 0 aliphatic carbocycles. The van der Waals surface area contributed by atoms with Gasteiger partial charge in [0.05, 0.1) is 10.5 Å². The number of rotatable bonds is 4. The van der Waals surface area contributed by atoms with Gasteiger partial charge < -0.3 is 5.32 Å². The quantitative estimate of drug-likeness (QED) is 0.676. The Morgan fingerprint density at radius 2 is 1.96 bits per heavy atom. The highest BCUT2D eigenvalue weighted by molar-refractivity contribution is 5.57. The van der Waals surface area contributed by atoms with Gasteiger partial charge in [0.25, 0.3) is 5.69 Å². The SMILES string of the molecule is O=[N+]([O-])c1ccc(NCC2CN3CCN2CC3)c(C(F)(F)F)c1. The lowest BCUT2D eigenvalue weighted by Gasteiger charge is -2.47. The maximum Gasteiger partial charge on any atom is 0.418 e. The van der Waals surface area contributed by atoms with Gasteiger partial charge in [0, 0.05) is 63.1 Å². The number of benzene rings is 1. The van der Waals surface area contributed by atoms with E-state index in [1.165, 1.54) is 0 Å². The second-order valence-corrected chi connectivity index (χ2v) is 5.86. The molecule has 3 aliphatic rings. The largest absolute Gasteiger partial charge is 0.418 e. The summed E-state index contributed by atoms with van der Waals surface area (Å²) in [6.45, 7) is 5.08. The third-order valence-electron chi connectivity index (χ3n) is 4.44. The predicted molar refractivity (Wildman–Crippen MR) is 78.4 cm³/mol. The van der Waals surface area contributed by atoms with E-state index in [-0.39, 0.29) is 11.7 Å². The lowest BCUT2D eigenvalue weighted by atomic mass is 10.1. The fraction of sp³-hybridized carbons (Fsp3) is 0.571. The second kappa shape index (κ2) is 5.97. The van der Waals surface area contributed by atoms with E-state index < -0.39 is 22.4 Å². The number of nitrogens with one attached hydrogen (secondary N) is 1. The molecule has 3 heterocycles. The zero-order chi connectivity index (χ0) is 16.6. The van der Waals surface area contributed by atoms with Crippen LogP contribution in [-0.2, 0) is 6.18 Å². The van der Waals surface area contributed by atoms with E-state index in [0.717, 1.165) is 44.9 Å². The van der Waals surface area contributed by atoms with Crippen molar-refractivity contribution in [2.24, 2.45) is 0 Å². The van der Waals surface area contributed by atoms with Gasteiger partial charge in [-0.3, -0.25) is 19.9 Å². The lowest BCUT2D eigenvalue weighted by molar-refractivity contribution is -0.385. The molecule has 9 heteroatoms. The number of nitrogens with zero attached hydrogens (tertiary/aromatic N) is 3. The summed E-state index contributed by atoms with van der Waals surface area (Å²) < 4.78 is 39.4. The topological polar surface area (TPSA) is 61.7 Å². The second-order valence-electron chi connectivity index (χ2n) is 5.86. The molecule has 0 saturated carbocycles. The van der Waals surface area contributed by atoms with Gasteiger partial charge in [-0.05, 0) is 6.07 Å². The lowest BCUT2D eigenvalue weighted by Crippen LogP contribution is -2.62. The van der Waals surface area contributed by atoms with Crippen molar-refractivity contribution in [1.29, 1.82) is 0 Å². The van der Waals surface area contributed by atoms with Crippen LogP contribution in [0.2, 0.25) is 0 Å². The van der Waals surface area contributed by atoms with Crippen molar-refractivity contribution in [2.45, 2.75) is 12.2 Å². The standard InChI is InChI=1S/C14H17F3N4O2/c15-14(16,17)12-7-10(21(22)23)1-2-13(12)18-8-11-9-19-3-5-20(11)6-4-19/h1-2,7,11,18H,3-6,8-9H2. The number of anilines is 1. The zero-order valence-electron chi connectivity index (χ0n) is 12.3. The van der Waals surface area contributed by atoms with E-state index >= 15 is 0 Å². The van der Waals surface area contributed by atoms with Crippen LogP contribution in [0.25, 0.3) is 0 Å². The molecule has 1 atom stereocenters. The number of nitro groups is 1. The molecule has 0 radical (unpaired) electrons. The maximum absolute atomic E-state index is 13.1. The highest BCUT2D eigenvalue weighted by atomic mass is 19.4. The van der Waals surface area contributed by atoms with E-state index in [1.807, 2.05) is 0 Å². The molecule has 3 fully saturated rings. The first-order valence-corrected chi connectivity index (χ1v) is 7.40. The maximum atomic E-state index is 13.1. The summed E-state index contributed by atoms with van der Waals surface area (Å²) in [5.41, 5.74) is -1.67. The number of alkyl halides is 3. The van der Waals surface area contributed by atoms with Gasteiger partial charge in [0.1, 0.15) is 0 Å². The smallest absolute Gasteiger partial charge is 0.383 e. The van der Waals surface area contributed by atoms with E-state index in [1.54, 1.807) is 0 Å². The van der Waals surface area contributed by atoms with Crippen LogP contribution in [0.4, 0.5) is 24.5 Å². The van der Waals surface area contributed by atoms with Gasteiger partial charge >= 0.3 is 6.18 Å². The molecule has 1 aromatic carbocycles. The molecule has 4 rings (SSSR count). The first kappa shape index (κ1) is 16.0. The van der Waals surface area contributed by atoms with Crippen LogP contribution in [-0.4, -0.2) is 60.0 Å². The average molecular weight is 330 g/mol. The van der Waals surface area contributed by atoms with Crippen molar-refractivity contribution in [3.8, 4) is 0 Å². The summed E-state index contributed by atoms with van der Waals surface area (Å²) in [6, 6.07) is 2.97. The predicted octanol–water partition coefficient (Wildman–Crippen LogP) is 2.03. The summed E-state index contributed by atoms with van der Waals surface area (Å²) in [4.78, 5) is 14.4. The number of nitro benzene ring substituents is 1. The highest BCUT2D eigenvalue weighted by Gasteiger charge is 2.36. The van der Waals surface area contributed by atoms with Gasteiger partial charge in [0.15, 0.2) is 0 Å². The summed E-state index contributed by atoms with van der Waals surface area (Å²) in [5.74, 6) is 0. The fourth-order valence-corrected chi connectivity index (χ4v) is 3.18. The van der Waals surface area contributed by atoms with Crippen LogP contribution >= 0.6 is 0 Å². The van der Waals surface area contributed by atoms with Gasteiger partial charge in [0.2, 0.25) is 0 Å². The van der Waals surface area contributed by atoms with Crippen LogP contribution in [0.3, 0.4) is 0 Å². The number of halogens is 3. The molecule has 2 bridgehead atoms. The Balaban J connectivity index is 1.75. The summed E-state index contributed by atoms with van der Waals surface area (Å²) in [6.07, 6.45) is -4.64. The van der Waals surface area contributed by atoms with Crippen LogP contribution in [0.5, 0.6) is 0 Å². The van der Waals surface area contributed by atoms with E-state index in [4.69, 9.17) is 0 Å². The Morgan fingerprint density at radius 3 is 2.48 bits per heavy atom. The third kappa shape index (κ3) is 3.40. The Bertz CT molecular complexity index is 600. The Hall–Kier alpha value is -1.87. The van der Waals surface area contributed by atoms with Gasteiger partial charge in [-0.2, -0.15) is 13.2 Å². The molecular formula is C14H17F3N4O2. The molecule has 0 spiro atoms. The van der Waals surface area contributed by atoms with Gasteiger partial charge in [-0.15, -0.1) is 0 Å². The molecule has 0 amide bonds. The van der Waals surface area contributed by atoms with E-state index in [2.05, 4.69) is 15.1 Å².